The monoisotopic (exact) mass is 292 g/mol. The zero-order valence-electron chi connectivity index (χ0n) is 12.9. The summed E-state index contributed by atoms with van der Waals surface area (Å²) in [5.74, 6) is 0.515. The number of hydrogen-bond acceptors (Lipinski definition) is 4. The quantitative estimate of drug-likeness (QED) is 0.884. The van der Waals surface area contributed by atoms with Crippen molar-refractivity contribution >= 4 is 11.6 Å². The molecular formula is C16H24N2O3. The number of ether oxygens (including phenoxy) is 1. The molecule has 1 fully saturated rings. The maximum absolute atomic E-state index is 11.9. The minimum atomic E-state index is -1.34. The number of nitrogens with one attached hydrogen (secondary N) is 1. The van der Waals surface area contributed by atoms with Crippen LogP contribution >= 0.6 is 0 Å². The molecule has 5 heteroatoms. The first-order chi connectivity index (χ1) is 9.91. The predicted octanol–water partition coefficient (Wildman–Crippen LogP) is 1.55. The Morgan fingerprint density at radius 2 is 2.14 bits per heavy atom. The largest absolute Gasteiger partial charge is 0.495 e. The first-order valence-corrected chi connectivity index (χ1v) is 7.33. The highest BCUT2D eigenvalue weighted by molar-refractivity contribution is 5.84. The van der Waals surface area contributed by atoms with Gasteiger partial charge in [0.1, 0.15) is 11.4 Å². The summed E-state index contributed by atoms with van der Waals surface area (Å²) in [4.78, 5) is 14.1. The third kappa shape index (κ3) is 3.88. The van der Waals surface area contributed by atoms with Gasteiger partial charge in [-0.05, 0) is 38.8 Å². The average Bonchev–Trinajstić information content (AvgIpc) is 2.46. The normalized spacial score (nSPS) is 19.2. The van der Waals surface area contributed by atoms with Gasteiger partial charge in [-0.1, -0.05) is 12.1 Å². The molecule has 0 bridgehead atoms. The van der Waals surface area contributed by atoms with E-state index in [1.165, 1.54) is 13.8 Å². The second-order valence-electron chi connectivity index (χ2n) is 5.99. The lowest BCUT2D eigenvalue weighted by molar-refractivity contribution is -0.137. The summed E-state index contributed by atoms with van der Waals surface area (Å²) in [7, 11) is 1.66. The Balaban J connectivity index is 2.06. The van der Waals surface area contributed by atoms with Crippen LogP contribution in [0.2, 0.25) is 0 Å². The van der Waals surface area contributed by atoms with Crippen molar-refractivity contribution in [2.75, 3.05) is 25.1 Å². The first-order valence-electron chi connectivity index (χ1n) is 7.33. The van der Waals surface area contributed by atoms with Gasteiger partial charge in [0.15, 0.2) is 0 Å². The average molecular weight is 292 g/mol. The standard InChI is InChI=1S/C16H24N2O3/c1-16(2,20)15(19)17-12-7-6-10-18(11-12)13-8-4-5-9-14(13)21-3/h4-5,8-9,12,20H,6-7,10-11H2,1-3H3,(H,17,19)/t12-/m1/s1. The van der Waals surface area contributed by atoms with Gasteiger partial charge in [-0.15, -0.1) is 0 Å². The number of carbonyl (C=O) groups is 1. The van der Waals surface area contributed by atoms with Crippen molar-refractivity contribution < 1.29 is 14.6 Å². The topological polar surface area (TPSA) is 61.8 Å². The van der Waals surface area contributed by atoms with Crippen molar-refractivity contribution in [3.63, 3.8) is 0 Å². The molecule has 1 aliphatic rings. The zero-order chi connectivity index (χ0) is 15.5. The molecule has 0 radical (unpaired) electrons. The number of carbonyl (C=O) groups excluding carboxylic acids is 1. The highest BCUT2D eigenvalue weighted by atomic mass is 16.5. The highest BCUT2D eigenvalue weighted by Gasteiger charge is 2.29. The maximum atomic E-state index is 11.9. The molecule has 1 amide bonds. The van der Waals surface area contributed by atoms with Crippen LogP contribution in [0.3, 0.4) is 0 Å². The van der Waals surface area contributed by atoms with Crippen LogP contribution < -0.4 is 15.0 Å². The van der Waals surface area contributed by atoms with E-state index in [2.05, 4.69) is 10.2 Å². The van der Waals surface area contributed by atoms with E-state index in [-0.39, 0.29) is 11.9 Å². The van der Waals surface area contributed by atoms with E-state index < -0.39 is 5.60 Å². The molecular weight excluding hydrogens is 268 g/mol. The minimum Gasteiger partial charge on any atom is -0.495 e. The number of benzene rings is 1. The van der Waals surface area contributed by atoms with E-state index in [9.17, 15) is 9.90 Å². The summed E-state index contributed by atoms with van der Waals surface area (Å²) >= 11 is 0. The van der Waals surface area contributed by atoms with Crippen LogP contribution in [-0.4, -0.2) is 42.9 Å². The number of piperidine rings is 1. The number of para-hydroxylation sites is 2. The minimum absolute atomic E-state index is 0.0441. The Bertz CT molecular complexity index is 497. The third-order valence-corrected chi connectivity index (χ3v) is 3.74. The van der Waals surface area contributed by atoms with Gasteiger partial charge >= 0.3 is 0 Å². The fraction of sp³-hybridized carbons (Fsp3) is 0.562. The van der Waals surface area contributed by atoms with Gasteiger partial charge in [-0.3, -0.25) is 4.79 Å². The van der Waals surface area contributed by atoms with Crippen LogP contribution in [0, 0.1) is 0 Å². The van der Waals surface area contributed by atoms with E-state index in [0.717, 1.165) is 37.4 Å². The zero-order valence-corrected chi connectivity index (χ0v) is 12.9. The van der Waals surface area contributed by atoms with Crippen molar-refractivity contribution in [3.8, 4) is 5.75 Å². The fourth-order valence-corrected chi connectivity index (χ4v) is 2.57. The summed E-state index contributed by atoms with van der Waals surface area (Å²) in [5, 5.41) is 12.7. The van der Waals surface area contributed by atoms with Gasteiger partial charge < -0.3 is 20.1 Å². The molecule has 1 atom stereocenters. The van der Waals surface area contributed by atoms with Crippen molar-refractivity contribution in [3.05, 3.63) is 24.3 Å². The molecule has 0 unspecified atom stereocenters. The van der Waals surface area contributed by atoms with Crippen molar-refractivity contribution in [1.82, 2.24) is 5.32 Å². The molecule has 21 heavy (non-hydrogen) atoms. The Hall–Kier alpha value is -1.75. The molecule has 0 aliphatic carbocycles. The molecule has 2 rings (SSSR count). The van der Waals surface area contributed by atoms with Crippen molar-refractivity contribution in [2.45, 2.75) is 38.3 Å². The number of methoxy groups -OCH3 is 1. The Morgan fingerprint density at radius 3 is 2.81 bits per heavy atom. The van der Waals surface area contributed by atoms with E-state index in [0.29, 0.717) is 0 Å². The molecule has 0 saturated carbocycles. The number of anilines is 1. The molecule has 0 aromatic heterocycles. The van der Waals surface area contributed by atoms with Crippen molar-refractivity contribution in [1.29, 1.82) is 0 Å². The molecule has 1 saturated heterocycles. The van der Waals surface area contributed by atoms with Gasteiger partial charge in [0, 0.05) is 19.1 Å². The van der Waals surface area contributed by atoms with Crippen LogP contribution in [0.5, 0.6) is 5.75 Å². The number of rotatable bonds is 4. The second-order valence-corrected chi connectivity index (χ2v) is 5.99. The van der Waals surface area contributed by atoms with Crippen LogP contribution in [0.15, 0.2) is 24.3 Å². The lowest BCUT2D eigenvalue weighted by Gasteiger charge is -2.36. The summed E-state index contributed by atoms with van der Waals surface area (Å²) in [6, 6.07) is 7.94. The Labute approximate surface area is 125 Å². The molecule has 1 aromatic carbocycles. The smallest absolute Gasteiger partial charge is 0.251 e. The van der Waals surface area contributed by atoms with E-state index >= 15 is 0 Å². The van der Waals surface area contributed by atoms with E-state index in [1.807, 2.05) is 24.3 Å². The lowest BCUT2D eigenvalue weighted by Crippen LogP contribution is -2.52. The molecule has 1 aliphatic heterocycles. The van der Waals surface area contributed by atoms with Crippen LogP contribution in [0.4, 0.5) is 5.69 Å². The molecule has 2 N–H and O–H groups in total. The Morgan fingerprint density at radius 1 is 1.43 bits per heavy atom. The predicted molar refractivity (Wildman–Crippen MR) is 82.7 cm³/mol. The number of aliphatic hydroxyl groups is 1. The van der Waals surface area contributed by atoms with E-state index in [1.54, 1.807) is 7.11 Å². The molecule has 5 nitrogen and oxygen atoms in total. The molecule has 1 aromatic rings. The third-order valence-electron chi connectivity index (χ3n) is 3.74. The summed E-state index contributed by atoms with van der Waals surface area (Å²) in [6.07, 6.45) is 1.92. The molecule has 0 spiro atoms. The second kappa shape index (κ2) is 6.35. The summed E-state index contributed by atoms with van der Waals surface area (Å²) in [5.41, 5.74) is -0.297. The number of hydrogen-bond donors (Lipinski definition) is 2. The fourth-order valence-electron chi connectivity index (χ4n) is 2.57. The van der Waals surface area contributed by atoms with Gasteiger partial charge in [-0.2, -0.15) is 0 Å². The van der Waals surface area contributed by atoms with Crippen LogP contribution in [-0.2, 0) is 4.79 Å². The number of amides is 1. The van der Waals surface area contributed by atoms with Crippen LogP contribution in [0.1, 0.15) is 26.7 Å². The molecule has 116 valence electrons. The van der Waals surface area contributed by atoms with Gasteiger partial charge in [0.25, 0.3) is 5.91 Å². The van der Waals surface area contributed by atoms with Gasteiger partial charge in [-0.25, -0.2) is 0 Å². The van der Waals surface area contributed by atoms with Crippen LogP contribution in [0.25, 0.3) is 0 Å². The van der Waals surface area contributed by atoms with Gasteiger partial charge in [0.05, 0.1) is 12.8 Å². The SMILES string of the molecule is COc1ccccc1N1CCC[C@@H](NC(=O)C(C)(C)O)C1. The lowest BCUT2D eigenvalue weighted by atomic mass is 10.0. The highest BCUT2D eigenvalue weighted by Crippen LogP contribution is 2.29. The Kier molecular flexibility index (Phi) is 4.73. The summed E-state index contributed by atoms with van der Waals surface area (Å²) in [6.45, 7) is 4.67. The summed E-state index contributed by atoms with van der Waals surface area (Å²) < 4.78 is 5.40. The van der Waals surface area contributed by atoms with E-state index in [4.69, 9.17) is 4.74 Å². The first kappa shape index (κ1) is 15.6. The molecule has 1 heterocycles. The number of nitrogens with zero attached hydrogens (tertiary/aromatic N) is 1. The van der Waals surface area contributed by atoms with Gasteiger partial charge in [0.2, 0.25) is 0 Å². The maximum Gasteiger partial charge on any atom is 0.251 e. The van der Waals surface area contributed by atoms with Crippen molar-refractivity contribution in [2.24, 2.45) is 0 Å².